The SMILES string of the molecule is CCOc1ccccc1NC(=O)[C@H](C)N(c1cc(Cl)ccc1OC)S(C)(=O)=O. The third-order valence-electron chi connectivity index (χ3n) is 3.91. The number of rotatable bonds is 8. The fourth-order valence-corrected chi connectivity index (χ4v) is 4.04. The summed E-state index contributed by atoms with van der Waals surface area (Å²) in [5, 5.41) is 3.04. The summed E-state index contributed by atoms with van der Waals surface area (Å²) < 4.78 is 36.7. The van der Waals surface area contributed by atoms with Gasteiger partial charge in [0.05, 0.1) is 31.3 Å². The first kappa shape index (κ1) is 21.8. The van der Waals surface area contributed by atoms with Crippen LogP contribution < -0.4 is 19.1 Å². The molecule has 7 nitrogen and oxygen atoms in total. The van der Waals surface area contributed by atoms with E-state index in [9.17, 15) is 13.2 Å². The van der Waals surface area contributed by atoms with E-state index in [1.807, 2.05) is 6.92 Å². The number of halogens is 1. The number of nitrogens with one attached hydrogen (secondary N) is 1. The second-order valence-electron chi connectivity index (χ2n) is 5.97. The zero-order valence-electron chi connectivity index (χ0n) is 16.1. The van der Waals surface area contributed by atoms with Crippen molar-refractivity contribution >= 4 is 38.9 Å². The first-order valence-corrected chi connectivity index (χ1v) is 10.8. The highest BCUT2D eigenvalue weighted by Gasteiger charge is 2.31. The van der Waals surface area contributed by atoms with Gasteiger partial charge in [0, 0.05) is 5.02 Å². The van der Waals surface area contributed by atoms with E-state index >= 15 is 0 Å². The van der Waals surface area contributed by atoms with Gasteiger partial charge >= 0.3 is 0 Å². The lowest BCUT2D eigenvalue weighted by atomic mass is 10.2. The topological polar surface area (TPSA) is 84.9 Å². The molecule has 2 rings (SSSR count). The van der Waals surface area contributed by atoms with Crippen LogP contribution in [0.25, 0.3) is 0 Å². The Morgan fingerprint density at radius 1 is 1.21 bits per heavy atom. The highest BCUT2D eigenvalue weighted by atomic mass is 35.5. The van der Waals surface area contributed by atoms with Gasteiger partial charge in [-0.15, -0.1) is 0 Å². The Bertz CT molecular complexity index is 949. The van der Waals surface area contributed by atoms with E-state index in [1.54, 1.807) is 36.4 Å². The number of sulfonamides is 1. The lowest BCUT2D eigenvalue weighted by Gasteiger charge is -2.29. The van der Waals surface area contributed by atoms with E-state index in [0.717, 1.165) is 10.6 Å². The second-order valence-corrected chi connectivity index (χ2v) is 8.27. The number of amides is 1. The first-order chi connectivity index (χ1) is 13.2. The molecule has 2 aromatic rings. The molecular weight excluding hydrogens is 404 g/mol. The molecule has 0 radical (unpaired) electrons. The number of benzene rings is 2. The molecule has 0 aliphatic heterocycles. The van der Waals surface area contributed by atoms with Gasteiger partial charge in [0.25, 0.3) is 0 Å². The quantitative estimate of drug-likeness (QED) is 0.697. The highest BCUT2D eigenvalue weighted by Crippen LogP contribution is 2.34. The standard InChI is InChI=1S/C19H23ClN2O5S/c1-5-27-17-9-7-6-8-15(17)21-19(23)13(2)22(28(4,24)25)16-12-14(20)10-11-18(16)26-3/h6-13H,5H2,1-4H3,(H,21,23)/t13-/m0/s1. The minimum atomic E-state index is -3.82. The summed E-state index contributed by atoms with van der Waals surface area (Å²) in [6, 6.07) is 10.4. The monoisotopic (exact) mass is 426 g/mol. The molecule has 0 fully saturated rings. The van der Waals surface area contributed by atoms with Gasteiger partial charge < -0.3 is 14.8 Å². The summed E-state index contributed by atoms with van der Waals surface area (Å²) in [6.45, 7) is 3.75. The Labute approximate surface area is 170 Å². The van der Waals surface area contributed by atoms with Gasteiger partial charge in [-0.3, -0.25) is 9.10 Å². The summed E-state index contributed by atoms with van der Waals surface area (Å²) in [5.74, 6) is 0.251. The van der Waals surface area contributed by atoms with E-state index < -0.39 is 22.0 Å². The summed E-state index contributed by atoms with van der Waals surface area (Å²) in [5.41, 5.74) is 0.631. The van der Waals surface area contributed by atoms with Gasteiger partial charge in [0.15, 0.2) is 0 Å². The van der Waals surface area contributed by atoms with Crippen molar-refractivity contribution in [2.75, 3.05) is 29.6 Å². The molecule has 0 aliphatic rings. The molecule has 2 aromatic carbocycles. The van der Waals surface area contributed by atoms with E-state index in [-0.39, 0.29) is 11.4 Å². The number of ether oxygens (including phenoxy) is 2. The van der Waals surface area contributed by atoms with Crippen LogP contribution in [0.15, 0.2) is 42.5 Å². The van der Waals surface area contributed by atoms with Gasteiger partial charge in [0.2, 0.25) is 15.9 Å². The second kappa shape index (κ2) is 9.16. The Kier molecular flexibility index (Phi) is 7.15. The number of carbonyl (C=O) groups excluding carboxylic acids is 1. The molecule has 0 spiro atoms. The van der Waals surface area contributed by atoms with Crippen LogP contribution in [0.5, 0.6) is 11.5 Å². The van der Waals surface area contributed by atoms with Crippen LogP contribution in [0.1, 0.15) is 13.8 Å². The minimum Gasteiger partial charge on any atom is -0.495 e. The number of methoxy groups -OCH3 is 1. The van der Waals surface area contributed by atoms with Crippen LogP contribution in [-0.4, -0.2) is 40.3 Å². The molecule has 0 saturated heterocycles. The predicted octanol–water partition coefficient (Wildman–Crippen LogP) is 3.54. The zero-order valence-corrected chi connectivity index (χ0v) is 17.7. The highest BCUT2D eigenvalue weighted by molar-refractivity contribution is 7.92. The molecule has 0 unspecified atom stereocenters. The van der Waals surface area contributed by atoms with Crippen LogP contribution in [-0.2, 0) is 14.8 Å². The van der Waals surface area contributed by atoms with Gasteiger partial charge in [-0.2, -0.15) is 0 Å². The number of hydrogen-bond donors (Lipinski definition) is 1. The van der Waals surface area contributed by atoms with E-state index in [4.69, 9.17) is 21.1 Å². The maximum atomic E-state index is 12.9. The lowest BCUT2D eigenvalue weighted by molar-refractivity contribution is -0.116. The van der Waals surface area contributed by atoms with Crippen molar-refractivity contribution in [3.8, 4) is 11.5 Å². The average Bonchev–Trinajstić information content (AvgIpc) is 2.62. The molecule has 0 heterocycles. The normalized spacial score (nSPS) is 12.2. The average molecular weight is 427 g/mol. The van der Waals surface area contributed by atoms with Crippen LogP contribution in [0.4, 0.5) is 11.4 Å². The van der Waals surface area contributed by atoms with Gasteiger partial charge in [0.1, 0.15) is 17.5 Å². The maximum Gasteiger partial charge on any atom is 0.248 e. The van der Waals surface area contributed by atoms with E-state index in [2.05, 4.69) is 5.32 Å². The van der Waals surface area contributed by atoms with Crippen molar-refractivity contribution in [2.24, 2.45) is 0 Å². The van der Waals surface area contributed by atoms with Crippen molar-refractivity contribution in [3.05, 3.63) is 47.5 Å². The van der Waals surface area contributed by atoms with Crippen LogP contribution in [0.2, 0.25) is 5.02 Å². The smallest absolute Gasteiger partial charge is 0.248 e. The third kappa shape index (κ3) is 5.08. The van der Waals surface area contributed by atoms with Crippen LogP contribution in [0.3, 0.4) is 0 Å². The Morgan fingerprint density at radius 2 is 1.89 bits per heavy atom. The number of carbonyl (C=O) groups is 1. The lowest BCUT2D eigenvalue weighted by Crippen LogP contribution is -2.45. The van der Waals surface area contributed by atoms with E-state index in [0.29, 0.717) is 23.1 Å². The van der Waals surface area contributed by atoms with Crippen molar-refractivity contribution in [1.82, 2.24) is 0 Å². The van der Waals surface area contributed by atoms with Gasteiger partial charge in [-0.1, -0.05) is 23.7 Å². The van der Waals surface area contributed by atoms with Crippen molar-refractivity contribution < 1.29 is 22.7 Å². The van der Waals surface area contributed by atoms with Crippen molar-refractivity contribution in [3.63, 3.8) is 0 Å². The van der Waals surface area contributed by atoms with Crippen LogP contribution in [0, 0.1) is 0 Å². The number of anilines is 2. The minimum absolute atomic E-state index is 0.179. The molecule has 0 aromatic heterocycles. The summed E-state index contributed by atoms with van der Waals surface area (Å²) in [4.78, 5) is 12.9. The number of hydrogen-bond acceptors (Lipinski definition) is 5. The zero-order chi connectivity index (χ0) is 20.9. The molecule has 1 amide bonds. The molecule has 152 valence electrons. The summed E-state index contributed by atoms with van der Waals surface area (Å²) >= 11 is 6.04. The third-order valence-corrected chi connectivity index (χ3v) is 5.37. The molecule has 1 atom stereocenters. The van der Waals surface area contributed by atoms with Crippen molar-refractivity contribution in [1.29, 1.82) is 0 Å². The fraction of sp³-hybridized carbons (Fsp3) is 0.316. The molecule has 0 aliphatic carbocycles. The Balaban J connectivity index is 2.41. The number of nitrogens with zero attached hydrogens (tertiary/aromatic N) is 1. The summed E-state index contributed by atoms with van der Waals surface area (Å²) in [6.07, 6.45) is 1.02. The van der Waals surface area contributed by atoms with Gasteiger partial charge in [-0.25, -0.2) is 8.42 Å². The molecule has 0 bridgehead atoms. The maximum absolute atomic E-state index is 12.9. The van der Waals surface area contributed by atoms with E-state index in [1.165, 1.54) is 20.1 Å². The number of para-hydroxylation sites is 2. The molecule has 9 heteroatoms. The molecule has 1 N–H and O–H groups in total. The predicted molar refractivity (Wildman–Crippen MR) is 111 cm³/mol. The summed E-state index contributed by atoms with van der Waals surface area (Å²) in [7, 11) is -2.41. The molecule has 0 saturated carbocycles. The Morgan fingerprint density at radius 3 is 2.50 bits per heavy atom. The van der Waals surface area contributed by atoms with Crippen LogP contribution >= 0.6 is 11.6 Å². The first-order valence-electron chi connectivity index (χ1n) is 8.54. The molecule has 28 heavy (non-hydrogen) atoms. The Hall–Kier alpha value is -2.45. The van der Waals surface area contributed by atoms with Gasteiger partial charge in [-0.05, 0) is 44.2 Å². The fourth-order valence-electron chi connectivity index (χ4n) is 2.70. The van der Waals surface area contributed by atoms with Crippen molar-refractivity contribution in [2.45, 2.75) is 19.9 Å². The molecular formula is C19H23ClN2O5S. The largest absolute Gasteiger partial charge is 0.495 e.